The third-order valence-electron chi connectivity index (χ3n) is 6.48. The highest BCUT2D eigenvalue weighted by Gasteiger charge is 2.34. The first-order valence-corrected chi connectivity index (χ1v) is 10.2. The largest absolute Gasteiger partial charge is 0.292 e. The van der Waals surface area contributed by atoms with Crippen molar-refractivity contribution < 1.29 is 0 Å². The minimum Gasteiger partial charge on any atom is -0.292 e. The molecule has 2 unspecified atom stereocenters. The molecule has 0 N–H and O–H groups in total. The highest BCUT2D eigenvalue weighted by Crippen LogP contribution is 2.40. The van der Waals surface area contributed by atoms with Gasteiger partial charge in [0.05, 0.1) is 6.04 Å². The molecule has 2 aliphatic rings. The van der Waals surface area contributed by atoms with E-state index in [0.29, 0.717) is 6.04 Å². The summed E-state index contributed by atoms with van der Waals surface area (Å²) in [5, 5.41) is 0. The Kier molecular flexibility index (Phi) is 5.22. The molecule has 2 atom stereocenters. The predicted molar refractivity (Wildman–Crippen MR) is 106 cm³/mol. The summed E-state index contributed by atoms with van der Waals surface area (Å²) < 4.78 is 0. The van der Waals surface area contributed by atoms with Crippen LogP contribution in [-0.4, -0.2) is 18.0 Å². The maximum atomic E-state index is 2.80. The molecule has 4 rings (SSSR count). The van der Waals surface area contributed by atoms with E-state index >= 15 is 0 Å². The lowest BCUT2D eigenvalue weighted by molar-refractivity contribution is 0.141. The van der Waals surface area contributed by atoms with E-state index in [1.165, 1.54) is 56.3 Å². The van der Waals surface area contributed by atoms with Crippen molar-refractivity contribution in [2.45, 2.75) is 45.1 Å². The molecule has 2 fully saturated rings. The molecule has 1 aliphatic heterocycles. The number of nitrogens with zero attached hydrogens (tertiary/aromatic N) is 1. The van der Waals surface area contributed by atoms with Gasteiger partial charge in [0, 0.05) is 13.1 Å². The maximum absolute atomic E-state index is 2.80. The van der Waals surface area contributed by atoms with Gasteiger partial charge < -0.3 is 0 Å². The van der Waals surface area contributed by atoms with E-state index in [-0.39, 0.29) is 0 Å². The van der Waals surface area contributed by atoms with Crippen LogP contribution < -0.4 is 0 Å². The summed E-state index contributed by atoms with van der Waals surface area (Å²) in [6.45, 7) is 4.92. The van der Waals surface area contributed by atoms with Crippen LogP contribution in [0.4, 0.5) is 0 Å². The molecule has 0 aromatic heterocycles. The van der Waals surface area contributed by atoms with Gasteiger partial charge in [0.1, 0.15) is 0 Å². The molecule has 1 heterocycles. The molecule has 1 heteroatoms. The molecular weight excluding hydrogens is 302 g/mol. The third kappa shape index (κ3) is 3.82. The average molecular weight is 334 g/mol. The molecule has 0 amide bonds. The van der Waals surface area contributed by atoms with E-state index in [4.69, 9.17) is 0 Å². The first-order valence-electron chi connectivity index (χ1n) is 10.2. The molecule has 1 nitrogen and oxygen atoms in total. The minimum atomic E-state index is 0.406. The molecule has 25 heavy (non-hydrogen) atoms. The van der Waals surface area contributed by atoms with Gasteiger partial charge in [-0.25, -0.2) is 0 Å². The van der Waals surface area contributed by atoms with Gasteiger partial charge in [-0.3, -0.25) is 4.90 Å². The van der Waals surface area contributed by atoms with Gasteiger partial charge in [-0.15, -0.1) is 0 Å². The highest BCUT2D eigenvalue weighted by molar-refractivity contribution is 5.32. The zero-order valence-corrected chi connectivity index (χ0v) is 15.5. The van der Waals surface area contributed by atoms with Gasteiger partial charge in [-0.05, 0) is 54.6 Å². The predicted octanol–water partition coefficient (Wildman–Crippen LogP) is 5.92. The fraction of sp³-hybridized carbons (Fsp3) is 0.500. The first-order chi connectivity index (χ1) is 12.3. The van der Waals surface area contributed by atoms with Crippen LogP contribution in [0.5, 0.6) is 0 Å². The van der Waals surface area contributed by atoms with Crippen LogP contribution in [0.25, 0.3) is 0 Å². The van der Waals surface area contributed by atoms with Crippen molar-refractivity contribution in [3.63, 3.8) is 0 Å². The summed E-state index contributed by atoms with van der Waals surface area (Å²) in [5.74, 6) is 2.73. The lowest BCUT2D eigenvalue weighted by atomic mass is 9.86. The molecule has 0 spiro atoms. The lowest BCUT2D eigenvalue weighted by Gasteiger charge is -2.38. The summed E-state index contributed by atoms with van der Waals surface area (Å²) in [7, 11) is 0. The van der Waals surface area contributed by atoms with Crippen molar-refractivity contribution >= 4 is 0 Å². The van der Waals surface area contributed by atoms with Gasteiger partial charge in [0.15, 0.2) is 0 Å². The number of hydrogen-bond acceptors (Lipinski definition) is 1. The smallest absolute Gasteiger partial charge is 0.0601 e. The Morgan fingerprint density at radius 2 is 1.28 bits per heavy atom. The Hall–Kier alpha value is -1.60. The van der Waals surface area contributed by atoms with Crippen LogP contribution in [0.1, 0.15) is 56.2 Å². The lowest BCUT2D eigenvalue weighted by Crippen LogP contribution is -2.37. The summed E-state index contributed by atoms with van der Waals surface area (Å²) in [4.78, 5) is 2.80. The topological polar surface area (TPSA) is 3.24 Å². The van der Waals surface area contributed by atoms with E-state index in [2.05, 4.69) is 72.5 Å². The van der Waals surface area contributed by atoms with Crippen molar-refractivity contribution in [2.75, 3.05) is 13.1 Å². The van der Waals surface area contributed by atoms with Crippen molar-refractivity contribution in [3.8, 4) is 0 Å². The molecule has 1 saturated carbocycles. The molecule has 132 valence electrons. The second-order valence-electron chi connectivity index (χ2n) is 8.23. The molecule has 0 radical (unpaired) electrons. The highest BCUT2D eigenvalue weighted by atomic mass is 15.2. The molecule has 2 aromatic rings. The Morgan fingerprint density at radius 3 is 1.72 bits per heavy atom. The van der Waals surface area contributed by atoms with Gasteiger partial charge in [-0.2, -0.15) is 0 Å². The Labute approximate surface area is 153 Å². The van der Waals surface area contributed by atoms with Crippen molar-refractivity contribution in [3.05, 3.63) is 71.8 Å². The van der Waals surface area contributed by atoms with Crippen LogP contribution >= 0.6 is 0 Å². The van der Waals surface area contributed by atoms with Crippen LogP contribution in [-0.2, 0) is 0 Å². The molecule has 1 saturated heterocycles. The van der Waals surface area contributed by atoms with Gasteiger partial charge in [0.25, 0.3) is 0 Å². The van der Waals surface area contributed by atoms with Crippen molar-refractivity contribution in [1.82, 2.24) is 4.90 Å². The number of hydrogen-bond donors (Lipinski definition) is 0. The number of benzene rings is 2. The fourth-order valence-corrected chi connectivity index (χ4v) is 5.24. The van der Waals surface area contributed by atoms with E-state index in [1.54, 1.807) is 0 Å². The first kappa shape index (κ1) is 16.8. The van der Waals surface area contributed by atoms with E-state index in [0.717, 1.165) is 17.8 Å². The monoisotopic (exact) mass is 333 g/mol. The fourth-order valence-electron chi connectivity index (χ4n) is 5.24. The number of rotatable bonds is 4. The van der Waals surface area contributed by atoms with Crippen LogP contribution in [0.15, 0.2) is 60.7 Å². The SMILES string of the molecule is CCC1CC2CCC(C1)CN(C(c1ccccc1)c1ccccc1)C2. The van der Waals surface area contributed by atoms with E-state index < -0.39 is 0 Å². The van der Waals surface area contributed by atoms with Gasteiger partial charge in [-0.1, -0.05) is 74.0 Å². The van der Waals surface area contributed by atoms with Gasteiger partial charge >= 0.3 is 0 Å². The Bertz CT molecular complexity index is 595. The third-order valence-corrected chi connectivity index (χ3v) is 6.48. The zero-order chi connectivity index (χ0) is 17.1. The molecular formula is C24H31N. The zero-order valence-electron chi connectivity index (χ0n) is 15.5. The van der Waals surface area contributed by atoms with E-state index in [1.807, 2.05) is 0 Å². The van der Waals surface area contributed by atoms with Gasteiger partial charge in [0.2, 0.25) is 0 Å². The van der Waals surface area contributed by atoms with Crippen LogP contribution in [0.3, 0.4) is 0 Å². The quantitative estimate of drug-likeness (QED) is 0.671. The Morgan fingerprint density at radius 1 is 0.800 bits per heavy atom. The summed E-state index contributed by atoms with van der Waals surface area (Å²) >= 11 is 0. The number of likely N-dealkylation sites (tertiary alicyclic amines) is 1. The molecule has 2 aromatic carbocycles. The summed E-state index contributed by atoms with van der Waals surface area (Å²) in [6.07, 6.45) is 7.13. The second-order valence-corrected chi connectivity index (χ2v) is 8.23. The normalized spacial score (nSPS) is 27.2. The van der Waals surface area contributed by atoms with Crippen molar-refractivity contribution in [2.24, 2.45) is 17.8 Å². The Balaban J connectivity index is 1.66. The molecule has 1 aliphatic carbocycles. The molecule has 2 bridgehead atoms. The number of fused-ring (bicyclic) bond motifs is 3. The summed E-state index contributed by atoms with van der Waals surface area (Å²) in [6, 6.07) is 22.7. The minimum absolute atomic E-state index is 0.406. The second kappa shape index (κ2) is 7.74. The average Bonchev–Trinajstić information content (AvgIpc) is 2.96. The van der Waals surface area contributed by atoms with Crippen LogP contribution in [0, 0.1) is 17.8 Å². The standard InChI is InChI=1S/C24H31N/c1-2-19-15-20-13-14-21(16-19)18-25(17-20)24(22-9-5-3-6-10-22)23-11-7-4-8-12-23/h3-12,19-21,24H,2,13-18H2,1H3. The van der Waals surface area contributed by atoms with Crippen molar-refractivity contribution in [1.29, 1.82) is 0 Å². The summed E-state index contributed by atoms with van der Waals surface area (Å²) in [5.41, 5.74) is 2.89. The maximum Gasteiger partial charge on any atom is 0.0601 e. The van der Waals surface area contributed by atoms with Crippen LogP contribution in [0.2, 0.25) is 0 Å². The van der Waals surface area contributed by atoms with E-state index in [9.17, 15) is 0 Å².